The fourth-order valence-corrected chi connectivity index (χ4v) is 5.61. The minimum absolute atomic E-state index is 0.154. The van der Waals surface area contributed by atoms with Crippen LogP contribution >= 0.6 is 0 Å². The van der Waals surface area contributed by atoms with E-state index >= 15 is 0 Å². The molecule has 0 amide bonds. The number of hydrogen-bond donors (Lipinski definition) is 15. The van der Waals surface area contributed by atoms with Gasteiger partial charge in [0.2, 0.25) is 0 Å². The molecule has 2 rings (SSSR count). The summed E-state index contributed by atoms with van der Waals surface area (Å²) >= 11 is 0. The van der Waals surface area contributed by atoms with Crippen LogP contribution in [0.2, 0.25) is 0 Å². The summed E-state index contributed by atoms with van der Waals surface area (Å²) in [6, 6.07) is 0. The van der Waals surface area contributed by atoms with Crippen molar-refractivity contribution in [3.8, 4) is 0 Å². The molecule has 2 aliphatic heterocycles. The summed E-state index contributed by atoms with van der Waals surface area (Å²) in [4.78, 5) is 12.2. The number of carbonyl (C=O) groups excluding carboxylic acids is 1. The van der Waals surface area contributed by atoms with Crippen molar-refractivity contribution in [3.05, 3.63) is 0 Å². The van der Waals surface area contributed by atoms with Crippen LogP contribution in [0.15, 0.2) is 0 Å². The lowest BCUT2D eigenvalue weighted by Crippen LogP contribution is -2.61. The Morgan fingerprint density at radius 3 is 1.36 bits per heavy atom. The first-order chi connectivity index (χ1) is 24.3. The highest BCUT2D eigenvalue weighted by atomic mass is 16.7. The molecular formula is C33H64O20. The lowest BCUT2D eigenvalue weighted by atomic mass is 9.84. The second-order valence-electron chi connectivity index (χ2n) is 15.7. The van der Waals surface area contributed by atoms with Crippen LogP contribution in [-0.2, 0) is 23.7 Å². The zero-order valence-electron chi connectivity index (χ0n) is 31.2. The second-order valence-corrected chi connectivity index (χ2v) is 15.7. The summed E-state index contributed by atoms with van der Waals surface area (Å²) in [5, 5.41) is 148. The van der Waals surface area contributed by atoms with Crippen LogP contribution in [0.5, 0.6) is 0 Å². The molecule has 7 unspecified atom stereocenters. The van der Waals surface area contributed by atoms with Gasteiger partial charge in [0.25, 0.3) is 0 Å². The average molecular weight is 781 g/mol. The minimum Gasteiger partial charge on any atom is -0.394 e. The van der Waals surface area contributed by atoms with E-state index in [1.165, 1.54) is 20.8 Å². The smallest absolute Gasteiger partial charge is 0.187 e. The predicted octanol–water partition coefficient (Wildman–Crippen LogP) is -6.04. The van der Waals surface area contributed by atoms with Gasteiger partial charge in [-0.15, -0.1) is 0 Å². The lowest BCUT2D eigenvalue weighted by Gasteiger charge is -2.42. The van der Waals surface area contributed by atoms with Gasteiger partial charge in [-0.2, -0.15) is 0 Å². The average Bonchev–Trinajstić information content (AvgIpc) is 3.09. The zero-order valence-corrected chi connectivity index (χ0v) is 31.2. The van der Waals surface area contributed by atoms with Gasteiger partial charge in [-0.1, -0.05) is 48.5 Å². The summed E-state index contributed by atoms with van der Waals surface area (Å²) in [7, 11) is 0. The molecule has 2 heterocycles. The Balaban J connectivity index is 0.000000530. The Morgan fingerprint density at radius 2 is 1.00 bits per heavy atom. The molecule has 0 radical (unpaired) electrons. The Kier molecular flexibility index (Phi) is 20.2. The van der Waals surface area contributed by atoms with Crippen molar-refractivity contribution in [2.24, 2.45) is 10.8 Å². The topological polar surface area (TPSA) is 357 Å². The van der Waals surface area contributed by atoms with E-state index < -0.39 is 141 Å². The molecule has 0 aromatic carbocycles. The summed E-state index contributed by atoms with van der Waals surface area (Å²) in [5.74, 6) is -0.722. The molecule has 0 spiro atoms. The van der Waals surface area contributed by atoms with Crippen LogP contribution in [0.4, 0.5) is 0 Å². The summed E-state index contributed by atoms with van der Waals surface area (Å²) < 4.78 is 21.2. The summed E-state index contributed by atoms with van der Waals surface area (Å²) in [6.07, 6.45) is -28.1. The van der Waals surface area contributed by atoms with Gasteiger partial charge in [0.05, 0.1) is 32.0 Å². The largest absolute Gasteiger partial charge is 0.394 e. The van der Waals surface area contributed by atoms with Gasteiger partial charge < -0.3 is 95.5 Å². The minimum atomic E-state index is -1.95. The van der Waals surface area contributed by atoms with E-state index in [4.69, 9.17) is 18.9 Å². The molecule has 53 heavy (non-hydrogen) atoms. The maximum absolute atomic E-state index is 12.2. The van der Waals surface area contributed by atoms with Gasteiger partial charge in [-0.25, -0.2) is 0 Å². The molecule has 316 valence electrons. The molecule has 18 atom stereocenters. The lowest BCUT2D eigenvalue weighted by molar-refractivity contribution is -0.327. The summed E-state index contributed by atoms with van der Waals surface area (Å²) in [6.45, 7) is 9.40. The SMILES string of the molecule is CC(C)(C)CC(O)C(O)C(O[C@@H]1OC(CO)[C@@H](O)[C@H](O)C1O)C(O)CO.CC[C@H]1OC(O[C@@H]([C@H](O)[C@@H](O)C(=O)C(C)(C)C)[C@H](O)CO)[C@H](O)[C@@H](O)[C@H]1O. The van der Waals surface area contributed by atoms with Gasteiger partial charge in [0.1, 0.15) is 85.5 Å². The highest BCUT2D eigenvalue weighted by Gasteiger charge is 2.49. The third-order valence-electron chi connectivity index (χ3n) is 8.85. The molecule has 2 saturated heterocycles. The Hall–Kier alpha value is -1.09. The molecule has 20 heteroatoms. The van der Waals surface area contributed by atoms with E-state index in [-0.39, 0.29) is 18.3 Å². The third-order valence-corrected chi connectivity index (χ3v) is 8.85. The summed E-state index contributed by atoms with van der Waals surface area (Å²) in [5.41, 5.74) is -1.35. The Labute approximate surface area is 308 Å². The van der Waals surface area contributed by atoms with Crippen LogP contribution in [0.25, 0.3) is 0 Å². The first-order valence-corrected chi connectivity index (χ1v) is 17.4. The van der Waals surface area contributed by atoms with Gasteiger partial charge in [-0.3, -0.25) is 4.79 Å². The highest BCUT2D eigenvalue weighted by molar-refractivity contribution is 5.88. The maximum Gasteiger partial charge on any atom is 0.187 e. The number of rotatable bonds is 16. The highest BCUT2D eigenvalue weighted by Crippen LogP contribution is 2.29. The van der Waals surface area contributed by atoms with E-state index in [9.17, 15) is 81.4 Å². The standard InChI is InChI=1S/C17H32O10.C16H32O10/c1-5-8-9(20)10(21)13(24)16(26-8)27-14(7(19)6-18)11(22)12(23)15(25)17(2,3)4;1-16(2,3)4-7(19)10(21)14(8(20)5-17)26-15-13(24)12(23)11(22)9(6-18)25-15/h7-14,16,18-24H,5-6H2,1-4H3;7-15,17-24H,4-6H2,1-3H3/t7-,8-,9+,10+,11-,12-,13-,14-,16?;7?,8?,9?,10?,11-,12+,13?,14?,15+/m11/s1. The first kappa shape index (κ1) is 49.9. The van der Waals surface area contributed by atoms with Crippen molar-refractivity contribution in [3.63, 3.8) is 0 Å². The molecule has 0 aromatic rings. The van der Waals surface area contributed by atoms with Crippen molar-refractivity contribution in [1.82, 2.24) is 0 Å². The van der Waals surface area contributed by atoms with Gasteiger partial charge in [0, 0.05) is 5.41 Å². The number of aliphatic hydroxyl groups is 15. The van der Waals surface area contributed by atoms with Crippen molar-refractivity contribution in [1.29, 1.82) is 0 Å². The van der Waals surface area contributed by atoms with Crippen LogP contribution in [0.3, 0.4) is 0 Å². The quantitative estimate of drug-likeness (QED) is 0.0693. The zero-order chi connectivity index (χ0) is 41.3. The molecule has 2 fully saturated rings. The van der Waals surface area contributed by atoms with E-state index in [1.807, 2.05) is 20.8 Å². The number of aliphatic hydroxyl groups excluding tert-OH is 15. The van der Waals surface area contributed by atoms with Crippen molar-refractivity contribution in [2.45, 2.75) is 172 Å². The van der Waals surface area contributed by atoms with E-state index in [0.717, 1.165) is 0 Å². The predicted molar refractivity (Wildman–Crippen MR) is 179 cm³/mol. The van der Waals surface area contributed by atoms with E-state index in [0.29, 0.717) is 0 Å². The van der Waals surface area contributed by atoms with Crippen LogP contribution in [0.1, 0.15) is 61.3 Å². The molecule has 0 aromatic heterocycles. The van der Waals surface area contributed by atoms with Crippen molar-refractivity contribution in [2.75, 3.05) is 19.8 Å². The molecule has 20 nitrogen and oxygen atoms in total. The molecule has 0 saturated carbocycles. The van der Waals surface area contributed by atoms with Crippen LogP contribution in [0, 0.1) is 10.8 Å². The molecular weight excluding hydrogens is 716 g/mol. The Bertz CT molecular complexity index is 1050. The number of ketones is 1. The van der Waals surface area contributed by atoms with Crippen molar-refractivity contribution >= 4 is 5.78 Å². The number of hydrogen-bond acceptors (Lipinski definition) is 20. The van der Waals surface area contributed by atoms with Crippen LogP contribution in [-0.4, -0.2) is 212 Å². The number of Topliss-reactive ketones (excluding diaryl/α,β-unsaturated/α-hetero) is 1. The fraction of sp³-hybridized carbons (Fsp3) is 0.970. The number of ether oxygens (including phenoxy) is 4. The molecule has 15 N–H and O–H groups in total. The number of carbonyl (C=O) groups is 1. The van der Waals surface area contributed by atoms with Gasteiger partial charge in [0.15, 0.2) is 18.4 Å². The van der Waals surface area contributed by atoms with Gasteiger partial charge in [-0.05, 0) is 18.3 Å². The monoisotopic (exact) mass is 780 g/mol. The molecule has 2 aliphatic rings. The Morgan fingerprint density at radius 1 is 0.604 bits per heavy atom. The fourth-order valence-electron chi connectivity index (χ4n) is 5.61. The van der Waals surface area contributed by atoms with E-state index in [2.05, 4.69) is 0 Å². The molecule has 0 aliphatic carbocycles. The van der Waals surface area contributed by atoms with Crippen LogP contribution < -0.4 is 0 Å². The molecule has 0 bridgehead atoms. The normalized spacial score (nSPS) is 34.5. The van der Waals surface area contributed by atoms with Gasteiger partial charge >= 0.3 is 0 Å². The van der Waals surface area contributed by atoms with E-state index in [1.54, 1.807) is 6.92 Å². The van der Waals surface area contributed by atoms with Crippen molar-refractivity contribution < 1.29 is 100 Å². The first-order valence-electron chi connectivity index (χ1n) is 17.4. The third kappa shape index (κ3) is 13.8. The maximum atomic E-state index is 12.2. The second kappa shape index (κ2) is 21.4.